The number of benzene rings is 1. The predicted octanol–water partition coefficient (Wildman–Crippen LogP) is 4.80. The molecular formula is C15H22Cl2O2. The Hall–Kier alpha value is -0.280. The summed E-state index contributed by atoms with van der Waals surface area (Å²) in [5, 5.41) is 11.0. The van der Waals surface area contributed by atoms with Crippen LogP contribution >= 0.6 is 23.2 Å². The van der Waals surface area contributed by atoms with Gasteiger partial charge in [-0.3, -0.25) is 0 Å². The number of halogens is 2. The topological polar surface area (TPSA) is 29.5 Å². The van der Waals surface area contributed by atoms with E-state index < -0.39 is 5.60 Å². The standard InChI is InChI=1S/C15H22Cl2O2/c1-3-5-9-19-15(11-18,8-4-2)13-7-6-12(16)10-14(13)17/h6-7,10,18H,3-5,8-9,11H2,1-2H3. The van der Waals surface area contributed by atoms with Crippen molar-refractivity contribution in [2.45, 2.75) is 45.1 Å². The summed E-state index contributed by atoms with van der Waals surface area (Å²) in [6, 6.07) is 5.33. The maximum absolute atomic E-state index is 9.84. The Balaban J connectivity index is 3.05. The fraction of sp³-hybridized carbons (Fsp3) is 0.600. The first-order chi connectivity index (χ1) is 9.09. The summed E-state index contributed by atoms with van der Waals surface area (Å²) in [5.74, 6) is 0. The first-order valence-corrected chi connectivity index (χ1v) is 7.55. The molecule has 0 amide bonds. The Labute approximate surface area is 125 Å². The Morgan fingerprint density at radius 2 is 1.95 bits per heavy atom. The van der Waals surface area contributed by atoms with Crippen LogP contribution in [0.25, 0.3) is 0 Å². The van der Waals surface area contributed by atoms with Crippen LogP contribution < -0.4 is 0 Å². The summed E-state index contributed by atoms with van der Waals surface area (Å²) >= 11 is 12.2. The lowest BCUT2D eigenvalue weighted by Crippen LogP contribution is -2.34. The monoisotopic (exact) mass is 304 g/mol. The van der Waals surface area contributed by atoms with Crippen LogP contribution in [0.3, 0.4) is 0 Å². The Morgan fingerprint density at radius 1 is 1.21 bits per heavy atom. The first-order valence-electron chi connectivity index (χ1n) is 6.80. The lowest BCUT2D eigenvalue weighted by molar-refractivity contribution is -0.0921. The van der Waals surface area contributed by atoms with Gasteiger partial charge in [-0.1, -0.05) is 56.0 Å². The van der Waals surface area contributed by atoms with E-state index in [4.69, 9.17) is 27.9 Å². The van der Waals surface area contributed by atoms with E-state index in [9.17, 15) is 5.11 Å². The third-order valence-electron chi connectivity index (χ3n) is 3.21. The highest BCUT2D eigenvalue weighted by atomic mass is 35.5. The van der Waals surface area contributed by atoms with Crippen LogP contribution in [-0.2, 0) is 10.3 Å². The molecule has 0 aromatic heterocycles. The summed E-state index contributed by atoms with van der Waals surface area (Å²) in [6.07, 6.45) is 3.67. The van der Waals surface area contributed by atoms with Crippen molar-refractivity contribution < 1.29 is 9.84 Å². The van der Waals surface area contributed by atoms with E-state index in [1.165, 1.54) is 0 Å². The smallest absolute Gasteiger partial charge is 0.117 e. The van der Waals surface area contributed by atoms with Gasteiger partial charge < -0.3 is 9.84 Å². The molecule has 0 spiro atoms. The first kappa shape index (κ1) is 16.8. The zero-order valence-corrected chi connectivity index (χ0v) is 13.1. The molecule has 1 N–H and O–H groups in total. The maximum Gasteiger partial charge on any atom is 0.117 e. The van der Waals surface area contributed by atoms with Crippen LogP contribution in [0.15, 0.2) is 18.2 Å². The van der Waals surface area contributed by atoms with Gasteiger partial charge in [0.05, 0.1) is 6.61 Å². The molecule has 0 heterocycles. The fourth-order valence-corrected chi connectivity index (χ4v) is 2.75. The lowest BCUT2D eigenvalue weighted by atomic mass is 9.89. The van der Waals surface area contributed by atoms with Crippen LogP contribution in [-0.4, -0.2) is 18.3 Å². The van der Waals surface area contributed by atoms with Gasteiger partial charge in [0.15, 0.2) is 0 Å². The molecule has 1 unspecified atom stereocenters. The molecule has 0 aliphatic rings. The van der Waals surface area contributed by atoms with Gasteiger partial charge in [-0.15, -0.1) is 0 Å². The van der Waals surface area contributed by atoms with Crippen molar-refractivity contribution in [1.82, 2.24) is 0 Å². The van der Waals surface area contributed by atoms with Crippen LogP contribution in [0.2, 0.25) is 10.0 Å². The van der Waals surface area contributed by atoms with Crippen molar-refractivity contribution >= 4 is 23.2 Å². The van der Waals surface area contributed by atoms with Crippen molar-refractivity contribution in [3.05, 3.63) is 33.8 Å². The number of aliphatic hydroxyl groups is 1. The molecule has 19 heavy (non-hydrogen) atoms. The molecule has 0 saturated carbocycles. The number of hydrogen-bond acceptors (Lipinski definition) is 2. The maximum atomic E-state index is 9.84. The van der Waals surface area contributed by atoms with Gasteiger partial charge in [0, 0.05) is 22.2 Å². The molecule has 1 rings (SSSR count). The number of rotatable bonds is 8. The second-order valence-electron chi connectivity index (χ2n) is 4.73. The molecule has 2 nitrogen and oxygen atoms in total. The van der Waals surface area contributed by atoms with Gasteiger partial charge >= 0.3 is 0 Å². The van der Waals surface area contributed by atoms with E-state index in [1.54, 1.807) is 12.1 Å². The van der Waals surface area contributed by atoms with Crippen LogP contribution in [0.4, 0.5) is 0 Å². The van der Waals surface area contributed by atoms with Crippen molar-refractivity contribution in [2.75, 3.05) is 13.2 Å². The number of hydrogen-bond donors (Lipinski definition) is 1. The van der Waals surface area contributed by atoms with Gasteiger partial charge in [-0.25, -0.2) is 0 Å². The SMILES string of the molecule is CCCCOC(CO)(CCC)c1ccc(Cl)cc1Cl. The summed E-state index contributed by atoms with van der Waals surface area (Å²) in [4.78, 5) is 0. The summed E-state index contributed by atoms with van der Waals surface area (Å²) in [6.45, 7) is 4.72. The molecule has 0 aliphatic carbocycles. The Bertz CT molecular complexity index is 396. The van der Waals surface area contributed by atoms with Crippen LogP contribution in [0.1, 0.15) is 45.1 Å². The average molecular weight is 305 g/mol. The van der Waals surface area contributed by atoms with E-state index in [2.05, 4.69) is 13.8 Å². The second-order valence-corrected chi connectivity index (χ2v) is 5.57. The van der Waals surface area contributed by atoms with E-state index >= 15 is 0 Å². The number of unbranched alkanes of at least 4 members (excludes halogenated alkanes) is 1. The van der Waals surface area contributed by atoms with Gasteiger partial charge in [0.1, 0.15) is 5.60 Å². The summed E-state index contributed by atoms with van der Waals surface area (Å²) in [5.41, 5.74) is 0.102. The fourth-order valence-electron chi connectivity index (χ4n) is 2.17. The van der Waals surface area contributed by atoms with Crippen molar-refractivity contribution in [3.8, 4) is 0 Å². The highest BCUT2D eigenvalue weighted by Gasteiger charge is 2.33. The van der Waals surface area contributed by atoms with E-state index in [0.717, 1.165) is 31.2 Å². The average Bonchev–Trinajstić information content (AvgIpc) is 2.38. The third-order valence-corrected chi connectivity index (χ3v) is 3.76. The molecule has 1 aromatic rings. The largest absolute Gasteiger partial charge is 0.393 e. The number of aliphatic hydroxyl groups excluding tert-OH is 1. The van der Waals surface area contributed by atoms with Crippen molar-refractivity contribution in [2.24, 2.45) is 0 Å². The zero-order valence-electron chi connectivity index (χ0n) is 11.6. The molecular weight excluding hydrogens is 283 g/mol. The van der Waals surface area contributed by atoms with Crippen molar-refractivity contribution in [3.63, 3.8) is 0 Å². The number of ether oxygens (including phenoxy) is 1. The minimum absolute atomic E-state index is 0.0775. The van der Waals surface area contributed by atoms with Crippen LogP contribution in [0.5, 0.6) is 0 Å². The Morgan fingerprint density at radius 3 is 2.47 bits per heavy atom. The molecule has 0 radical (unpaired) electrons. The minimum Gasteiger partial charge on any atom is -0.393 e. The van der Waals surface area contributed by atoms with Crippen LogP contribution in [0, 0.1) is 0 Å². The lowest BCUT2D eigenvalue weighted by Gasteiger charge is -2.33. The van der Waals surface area contributed by atoms with E-state index in [-0.39, 0.29) is 6.61 Å². The van der Waals surface area contributed by atoms with Crippen molar-refractivity contribution in [1.29, 1.82) is 0 Å². The normalized spacial score (nSPS) is 14.4. The molecule has 108 valence electrons. The molecule has 0 aliphatic heterocycles. The van der Waals surface area contributed by atoms with Gasteiger partial charge in [-0.2, -0.15) is 0 Å². The quantitative estimate of drug-likeness (QED) is 0.699. The zero-order chi connectivity index (χ0) is 14.3. The Kier molecular flexibility index (Phi) is 7.16. The summed E-state index contributed by atoms with van der Waals surface area (Å²) < 4.78 is 5.99. The molecule has 0 bridgehead atoms. The van der Waals surface area contributed by atoms with Gasteiger partial charge in [-0.05, 0) is 25.0 Å². The molecule has 1 aromatic carbocycles. The highest BCUT2D eigenvalue weighted by Crippen LogP contribution is 2.36. The van der Waals surface area contributed by atoms with E-state index in [0.29, 0.717) is 16.7 Å². The molecule has 0 saturated heterocycles. The second kappa shape index (κ2) is 8.11. The highest BCUT2D eigenvalue weighted by molar-refractivity contribution is 6.35. The van der Waals surface area contributed by atoms with E-state index in [1.807, 2.05) is 6.07 Å². The van der Waals surface area contributed by atoms with Gasteiger partial charge in [0.2, 0.25) is 0 Å². The van der Waals surface area contributed by atoms with Gasteiger partial charge in [0.25, 0.3) is 0 Å². The third kappa shape index (κ3) is 4.35. The predicted molar refractivity (Wildman–Crippen MR) is 81.0 cm³/mol. The molecule has 0 fully saturated rings. The summed E-state index contributed by atoms with van der Waals surface area (Å²) in [7, 11) is 0. The molecule has 4 heteroatoms. The molecule has 1 atom stereocenters. The minimum atomic E-state index is -0.717.